The quantitative estimate of drug-likeness (QED) is 0.558. The number of phenols is 1. The van der Waals surface area contributed by atoms with Gasteiger partial charge in [-0.25, -0.2) is 0 Å². The van der Waals surface area contributed by atoms with Crippen molar-refractivity contribution in [1.82, 2.24) is 5.32 Å². The molecule has 0 aliphatic rings. The number of aromatic hydroxyl groups is 1. The molecule has 0 bridgehead atoms. The number of carbonyl (C=O) groups is 1. The molecule has 0 unspecified atom stereocenters. The van der Waals surface area contributed by atoms with Crippen LogP contribution in [-0.2, 0) is 0 Å². The fourth-order valence-corrected chi connectivity index (χ4v) is 2.73. The lowest BCUT2D eigenvalue weighted by Gasteiger charge is -2.10. The molecular formula is C19H19NO2. The molecule has 0 aliphatic carbocycles. The number of hydrogen-bond acceptors (Lipinski definition) is 2. The van der Waals surface area contributed by atoms with Crippen LogP contribution < -0.4 is 5.32 Å². The second-order valence-corrected chi connectivity index (χ2v) is 5.45. The summed E-state index contributed by atoms with van der Waals surface area (Å²) in [5.41, 5.74) is 0.332. The highest BCUT2D eigenvalue weighted by molar-refractivity contribution is 6.12. The summed E-state index contributed by atoms with van der Waals surface area (Å²) in [5, 5.41) is 17.2. The highest BCUT2D eigenvalue weighted by Gasteiger charge is 2.14. The van der Waals surface area contributed by atoms with Crippen LogP contribution in [0.5, 0.6) is 5.75 Å². The van der Waals surface area contributed by atoms with Crippen molar-refractivity contribution in [3.05, 3.63) is 54.1 Å². The summed E-state index contributed by atoms with van der Waals surface area (Å²) in [6.45, 7) is 2.70. The molecule has 3 aromatic carbocycles. The third kappa shape index (κ3) is 2.50. The van der Waals surface area contributed by atoms with Crippen LogP contribution in [0.4, 0.5) is 0 Å². The van der Waals surface area contributed by atoms with Crippen molar-refractivity contribution in [3.8, 4) is 5.75 Å². The Morgan fingerprint density at radius 2 is 1.77 bits per heavy atom. The Kier molecular flexibility index (Phi) is 3.96. The molecular weight excluding hydrogens is 274 g/mol. The van der Waals surface area contributed by atoms with Gasteiger partial charge in [0.2, 0.25) is 0 Å². The third-order valence-corrected chi connectivity index (χ3v) is 3.96. The van der Waals surface area contributed by atoms with Gasteiger partial charge < -0.3 is 10.4 Å². The van der Waals surface area contributed by atoms with E-state index in [0.717, 1.165) is 29.0 Å². The molecule has 0 saturated carbocycles. The summed E-state index contributed by atoms with van der Waals surface area (Å²) in [7, 11) is 0. The number of amides is 1. The zero-order valence-electron chi connectivity index (χ0n) is 12.6. The van der Waals surface area contributed by atoms with Crippen molar-refractivity contribution in [2.75, 3.05) is 6.54 Å². The van der Waals surface area contributed by atoms with E-state index < -0.39 is 0 Å². The number of phenolic OH excluding ortho intramolecular Hbond substituents is 1. The van der Waals surface area contributed by atoms with Gasteiger partial charge in [-0.1, -0.05) is 49.7 Å². The van der Waals surface area contributed by atoms with Crippen LogP contribution in [0.25, 0.3) is 21.5 Å². The first kappa shape index (κ1) is 14.4. The lowest BCUT2D eigenvalue weighted by molar-refractivity contribution is 0.0951. The van der Waals surface area contributed by atoms with Crippen LogP contribution in [0.2, 0.25) is 0 Å². The maximum absolute atomic E-state index is 12.2. The summed E-state index contributed by atoms with van der Waals surface area (Å²) in [4.78, 5) is 12.2. The van der Waals surface area contributed by atoms with Crippen molar-refractivity contribution in [2.24, 2.45) is 0 Å². The maximum Gasteiger partial charge on any atom is 0.255 e. The molecule has 3 nitrogen and oxygen atoms in total. The van der Waals surface area contributed by atoms with Crippen molar-refractivity contribution in [2.45, 2.75) is 19.8 Å². The SMILES string of the molecule is CCCCNC(=O)c1ccc2c(ccc3ccccc32)c1O. The van der Waals surface area contributed by atoms with Crippen molar-refractivity contribution < 1.29 is 9.90 Å². The normalized spacial score (nSPS) is 11.0. The van der Waals surface area contributed by atoms with Crippen LogP contribution in [-0.4, -0.2) is 17.6 Å². The van der Waals surface area contributed by atoms with E-state index in [1.807, 2.05) is 42.5 Å². The predicted molar refractivity (Wildman–Crippen MR) is 90.4 cm³/mol. The lowest BCUT2D eigenvalue weighted by atomic mass is 9.99. The first-order valence-electron chi connectivity index (χ1n) is 7.64. The smallest absolute Gasteiger partial charge is 0.255 e. The molecule has 3 aromatic rings. The summed E-state index contributed by atoms with van der Waals surface area (Å²) in [6, 6.07) is 15.5. The predicted octanol–water partition coefficient (Wildman–Crippen LogP) is 4.23. The molecule has 0 atom stereocenters. The van der Waals surface area contributed by atoms with E-state index in [-0.39, 0.29) is 11.7 Å². The molecule has 3 rings (SSSR count). The Morgan fingerprint density at radius 3 is 2.59 bits per heavy atom. The molecule has 0 aromatic heterocycles. The average molecular weight is 293 g/mol. The number of hydrogen-bond donors (Lipinski definition) is 2. The second kappa shape index (κ2) is 6.06. The molecule has 0 aliphatic heterocycles. The Bertz CT molecular complexity index is 839. The van der Waals surface area contributed by atoms with E-state index in [0.29, 0.717) is 17.5 Å². The highest BCUT2D eigenvalue weighted by atomic mass is 16.3. The van der Waals surface area contributed by atoms with E-state index >= 15 is 0 Å². The second-order valence-electron chi connectivity index (χ2n) is 5.45. The molecule has 3 heteroatoms. The molecule has 0 saturated heterocycles. The van der Waals surface area contributed by atoms with Gasteiger partial charge in [-0.15, -0.1) is 0 Å². The first-order chi connectivity index (χ1) is 10.7. The van der Waals surface area contributed by atoms with Crippen LogP contribution in [0.1, 0.15) is 30.1 Å². The summed E-state index contributed by atoms with van der Waals surface area (Å²) in [5.74, 6) is -0.168. The number of unbranched alkanes of at least 4 members (excludes halogenated alkanes) is 1. The van der Waals surface area contributed by atoms with Gasteiger partial charge in [0.1, 0.15) is 5.75 Å². The Balaban J connectivity index is 2.06. The Hall–Kier alpha value is -2.55. The lowest BCUT2D eigenvalue weighted by Crippen LogP contribution is -2.24. The van der Waals surface area contributed by atoms with Gasteiger partial charge in [0.05, 0.1) is 5.56 Å². The average Bonchev–Trinajstić information content (AvgIpc) is 2.55. The molecule has 0 fully saturated rings. The van der Waals surface area contributed by atoms with Crippen molar-refractivity contribution >= 4 is 27.5 Å². The monoisotopic (exact) mass is 293 g/mol. The molecule has 0 radical (unpaired) electrons. The standard InChI is InChI=1S/C19H19NO2/c1-2-3-12-20-19(22)17-11-10-15-14-7-5-4-6-13(14)8-9-16(15)18(17)21/h4-11,21H,2-3,12H2,1H3,(H,20,22). The summed E-state index contributed by atoms with van der Waals surface area (Å²) >= 11 is 0. The fraction of sp³-hybridized carbons (Fsp3) is 0.211. The van der Waals surface area contributed by atoms with Crippen LogP contribution in [0, 0.1) is 0 Å². The third-order valence-electron chi connectivity index (χ3n) is 3.96. The number of nitrogens with one attached hydrogen (secondary N) is 1. The van der Waals surface area contributed by atoms with Gasteiger partial charge in [-0.05, 0) is 34.7 Å². The van der Waals surface area contributed by atoms with Gasteiger partial charge in [0.25, 0.3) is 5.91 Å². The molecule has 2 N–H and O–H groups in total. The van der Waals surface area contributed by atoms with E-state index in [1.54, 1.807) is 6.07 Å². The highest BCUT2D eigenvalue weighted by Crippen LogP contribution is 2.33. The van der Waals surface area contributed by atoms with Crippen molar-refractivity contribution in [3.63, 3.8) is 0 Å². The molecule has 0 spiro atoms. The van der Waals surface area contributed by atoms with E-state index in [9.17, 15) is 9.90 Å². The van der Waals surface area contributed by atoms with Gasteiger partial charge in [-0.3, -0.25) is 4.79 Å². The number of rotatable bonds is 4. The van der Waals surface area contributed by atoms with Crippen LogP contribution in [0.3, 0.4) is 0 Å². The van der Waals surface area contributed by atoms with Gasteiger partial charge in [-0.2, -0.15) is 0 Å². The van der Waals surface area contributed by atoms with E-state index in [2.05, 4.69) is 12.2 Å². The Morgan fingerprint density at radius 1 is 1.00 bits per heavy atom. The Labute approximate surface area is 129 Å². The van der Waals surface area contributed by atoms with Crippen LogP contribution >= 0.6 is 0 Å². The van der Waals surface area contributed by atoms with Gasteiger partial charge in [0, 0.05) is 11.9 Å². The number of benzene rings is 3. The maximum atomic E-state index is 12.2. The molecule has 1 amide bonds. The topological polar surface area (TPSA) is 49.3 Å². The molecule has 112 valence electrons. The van der Waals surface area contributed by atoms with Gasteiger partial charge >= 0.3 is 0 Å². The van der Waals surface area contributed by atoms with Crippen molar-refractivity contribution in [1.29, 1.82) is 0 Å². The largest absolute Gasteiger partial charge is 0.506 e. The van der Waals surface area contributed by atoms with Crippen LogP contribution in [0.15, 0.2) is 48.5 Å². The summed E-state index contributed by atoms with van der Waals surface area (Å²) in [6.07, 6.45) is 1.96. The molecule has 0 heterocycles. The minimum Gasteiger partial charge on any atom is -0.506 e. The van der Waals surface area contributed by atoms with E-state index in [4.69, 9.17) is 0 Å². The van der Waals surface area contributed by atoms with E-state index in [1.165, 1.54) is 0 Å². The first-order valence-corrected chi connectivity index (χ1v) is 7.64. The summed E-state index contributed by atoms with van der Waals surface area (Å²) < 4.78 is 0. The minimum absolute atomic E-state index is 0.0530. The molecule has 22 heavy (non-hydrogen) atoms. The number of fused-ring (bicyclic) bond motifs is 3. The van der Waals surface area contributed by atoms with Gasteiger partial charge in [0.15, 0.2) is 0 Å². The zero-order valence-corrected chi connectivity index (χ0v) is 12.6. The minimum atomic E-state index is -0.221. The number of carbonyl (C=O) groups excluding carboxylic acids is 1. The fourth-order valence-electron chi connectivity index (χ4n) is 2.73. The zero-order chi connectivity index (χ0) is 15.5.